The van der Waals surface area contributed by atoms with E-state index in [1.165, 1.54) is 10.9 Å². The number of aryl methyl sites for hydroxylation is 1. The predicted molar refractivity (Wildman–Crippen MR) is 76.5 cm³/mol. The third kappa shape index (κ3) is 3.35. The molecule has 9 heteroatoms. The maximum Gasteiger partial charge on any atom is 0.412 e. The van der Waals surface area contributed by atoms with Crippen molar-refractivity contribution in [1.82, 2.24) is 20.0 Å². The zero-order valence-electron chi connectivity index (χ0n) is 11.0. The number of ether oxygens (including phenoxy) is 1. The first kappa shape index (κ1) is 15.7. The van der Waals surface area contributed by atoms with Crippen LogP contribution in [-0.4, -0.2) is 32.7 Å². The Hall–Kier alpha value is -2.35. The second kappa shape index (κ2) is 6.71. The monoisotopic (exact) mass is 298 g/mol. The Balaban J connectivity index is 0.00000200. The topological polar surface area (TPSA) is 108 Å². The summed E-state index contributed by atoms with van der Waals surface area (Å²) in [5.74, 6) is 0.413. The normalized spacial score (nSPS) is 9.70. The van der Waals surface area contributed by atoms with Crippen molar-refractivity contribution >= 4 is 30.0 Å². The highest BCUT2D eigenvalue weighted by Gasteiger charge is 2.16. The number of carbonyl (C=O) groups excluding carboxylic acids is 1. The molecule has 0 spiro atoms. The van der Waals surface area contributed by atoms with E-state index in [-0.39, 0.29) is 19.0 Å². The van der Waals surface area contributed by atoms with E-state index in [2.05, 4.69) is 20.6 Å². The fraction of sp³-hybridized carbons (Fsp3) is 0.273. The molecule has 8 nitrogen and oxygen atoms in total. The van der Waals surface area contributed by atoms with Gasteiger partial charge >= 0.3 is 6.09 Å². The molecular weight excluding hydrogens is 284 g/mol. The average Bonchev–Trinajstić information content (AvgIpc) is 2.73. The number of halogens is 1. The highest BCUT2D eigenvalue weighted by Crippen LogP contribution is 2.23. The van der Waals surface area contributed by atoms with Gasteiger partial charge < -0.3 is 10.5 Å². The quantitative estimate of drug-likeness (QED) is 0.888. The standard InChI is InChI=1S/C11H14N6O2.ClH/c1-3-19-11(18)14-10-9(15-16-17(10)2)8-5-4-7(12)6-13-8;/h4-6H,3,12H2,1-2H3,(H,14,18);1H. The summed E-state index contributed by atoms with van der Waals surface area (Å²) in [4.78, 5) is 15.6. The van der Waals surface area contributed by atoms with Gasteiger partial charge in [0.2, 0.25) is 0 Å². The number of nitrogens with zero attached hydrogens (tertiary/aromatic N) is 4. The van der Waals surface area contributed by atoms with Crippen LogP contribution in [0.15, 0.2) is 18.3 Å². The molecule has 2 aromatic heterocycles. The molecule has 0 radical (unpaired) electrons. The Bertz CT molecular complexity index is 583. The van der Waals surface area contributed by atoms with E-state index in [4.69, 9.17) is 10.5 Å². The molecule has 2 heterocycles. The molecule has 0 aliphatic carbocycles. The van der Waals surface area contributed by atoms with Crippen molar-refractivity contribution in [3.63, 3.8) is 0 Å². The number of amides is 1. The zero-order valence-corrected chi connectivity index (χ0v) is 11.8. The number of rotatable bonds is 3. The molecule has 0 aliphatic rings. The van der Waals surface area contributed by atoms with Gasteiger partial charge in [-0.2, -0.15) is 0 Å². The fourth-order valence-corrected chi connectivity index (χ4v) is 1.48. The van der Waals surface area contributed by atoms with Crippen LogP contribution in [0.25, 0.3) is 11.4 Å². The van der Waals surface area contributed by atoms with Crippen LogP contribution in [0.5, 0.6) is 0 Å². The van der Waals surface area contributed by atoms with E-state index in [1.54, 1.807) is 26.1 Å². The second-order valence-electron chi connectivity index (χ2n) is 3.73. The van der Waals surface area contributed by atoms with Crippen molar-refractivity contribution in [2.24, 2.45) is 7.05 Å². The van der Waals surface area contributed by atoms with E-state index in [1.807, 2.05) is 0 Å². The van der Waals surface area contributed by atoms with Crippen molar-refractivity contribution in [1.29, 1.82) is 0 Å². The summed E-state index contributed by atoms with van der Waals surface area (Å²) in [6.07, 6.45) is 0.947. The molecule has 2 aromatic rings. The van der Waals surface area contributed by atoms with Gasteiger partial charge in [-0.1, -0.05) is 5.21 Å². The molecule has 20 heavy (non-hydrogen) atoms. The second-order valence-corrected chi connectivity index (χ2v) is 3.73. The first-order valence-electron chi connectivity index (χ1n) is 5.67. The number of pyridine rings is 1. The SMILES string of the molecule is CCOC(=O)Nc1c(-c2ccc(N)cn2)nnn1C.Cl. The van der Waals surface area contributed by atoms with Crippen molar-refractivity contribution in [2.75, 3.05) is 17.7 Å². The van der Waals surface area contributed by atoms with E-state index < -0.39 is 6.09 Å². The van der Waals surface area contributed by atoms with Gasteiger partial charge in [0, 0.05) is 7.05 Å². The Kier molecular flexibility index (Phi) is 5.27. The van der Waals surface area contributed by atoms with Gasteiger partial charge in [-0.05, 0) is 19.1 Å². The van der Waals surface area contributed by atoms with Crippen LogP contribution in [0.1, 0.15) is 6.92 Å². The van der Waals surface area contributed by atoms with E-state index in [0.717, 1.165) is 0 Å². The number of aromatic nitrogens is 4. The van der Waals surface area contributed by atoms with Crippen LogP contribution < -0.4 is 11.1 Å². The number of nitrogen functional groups attached to an aromatic ring is 1. The number of hydrogen-bond donors (Lipinski definition) is 2. The molecule has 0 saturated heterocycles. The van der Waals surface area contributed by atoms with Gasteiger partial charge in [-0.25, -0.2) is 9.48 Å². The molecule has 3 N–H and O–H groups in total. The van der Waals surface area contributed by atoms with Gasteiger partial charge in [-0.3, -0.25) is 10.3 Å². The Morgan fingerprint density at radius 3 is 2.85 bits per heavy atom. The number of carbonyl (C=O) groups is 1. The van der Waals surface area contributed by atoms with Crippen LogP contribution in [0, 0.1) is 0 Å². The molecular formula is C11H15ClN6O2. The largest absolute Gasteiger partial charge is 0.450 e. The van der Waals surface area contributed by atoms with Crippen LogP contribution in [0.2, 0.25) is 0 Å². The minimum atomic E-state index is -0.565. The predicted octanol–water partition coefficient (Wildman–Crippen LogP) is 1.45. The molecule has 108 valence electrons. The van der Waals surface area contributed by atoms with Gasteiger partial charge in [-0.15, -0.1) is 17.5 Å². The van der Waals surface area contributed by atoms with Gasteiger partial charge in [0.15, 0.2) is 11.5 Å². The smallest absolute Gasteiger partial charge is 0.412 e. The summed E-state index contributed by atoms with van der Waals surface area (Å²) in [5, 5.41) is 10.4. The van der Waals surface area contributed by atoms with Crippen LogP contribution in [-0.2, 0) is 11.8 Å². The molecule has 1 amide bonds. The zero-order chi connectivity index (χ0) is 13.8. The molecule has 0 aromatic carbocycles. The van der Waals surface area contributed by atoms with E-state index in [0.29, 0.717) is 22.9 Å². The number of nitrogens with one attached hydrogen (secondary N) is 1. The lowest BCUT2D eigenvalue weighted by atomic mass is 10.2. The lowest BCUT2D eigenvalue weighted by molar-refractivity contribution is 0.167. The summed E-state index contributed by atoms with van der Waals surface area (Å²) in [5.41, 5.74) is 7.14. The van der Waals surface area contributed by atoms with Gasteiger partial charge in [0.05, 0.1) is 24.2 Å². The Morgan fingerprint density at radius 2 is 2.25 bits per heavy atom. The first-order chi connectivity index (χ1) is 9.11. The van der Waals surface area contributed by atoms with Crippen molar-refractivity contribution in [3.8, 4) is 11.4 Å². The van der Waals surface area contributed by atoms with Crippen molar-refractivity contribution in [2.45, 2.75) is 6.92 Å². The first-order valence-corrected chi connectivity index (χ1v) is 5.67. The molecule has 0 fully saturated rings. The third-order valence-electron chi connectivity index (χ3n) is 2.35. The summed E-state index contributed by atoms with van der Waals surface area (Å²) in [7, 11) is 1.66. The minimum Gasteiger partial charge on any atom is -0.450 e. The highest BCUT2D eigenvalue weighted by molar-refractivity contribution is 5.88. The van der Waals surface area contributed by atoms with Gasteiger partial charge in [0.1, 0.15) is 0 Å². The molecule has 0 aliphatic heterocycles. The Labute approximate surface area is 121 Å². The molecule has 0 saturated carbocycles. The maximum absolute atomic E-state index is 11.5. The summed E-state index contributed by atoms with van der Waals surface area (Å²) in [6.45, 7) is 2.01. The summed E-state index contributed by atoms with van der Waals surface area (Å²) < 4.78 is 6.26. The lowest BCUT2D eigenvalue weighted by Crippen LogP contribution is -2.16. The molecule has 0 atom stereocenters. The highest BCUT2D eigenvalue weighted by atomic mass is 35.5. The average molecular weight is 299 g/mol. The number of hydrogen-bond acceptors (Lipinski definition) is 6. The number of nitrogens with two attached hydrogens (primary N) is 1. The van der Waals surface area contributed by atoms with Gasteiger partial charge in [0.25, 0.3) is 0 Å². The number of anilines is 2. The lowest BCUT2D eigenvalue weighted by Gasteiger charge is -2.06. The van der Waals surface area contributed by atoms with Crippen LogP contribution in [0.4, 0.5) is 16.3 Å². The fourth-order valence-electron chi connectivity index (χ4n) is 1.48. The molecule has 2 rings (SSSR count). The van der Waals surface area contributed by atoms with E-state index >= 15 is 0 Å². The summed E-state index contributed by atoms with van der Waals surface area (Å²) in [6, 6.07) is 3.40. The van der Waals surface area contributed by atoms with E-state index in [9.17, 15) is 4.79 Å². The summed E-state index contributed by atoms with van der Waals surface area (Å²) >= 11 is 0. The van der Waals surface area contributed by atoms with Crippen molar-refractivity contribution in [3.05, 3.63) is 18.3 Å². The van der Waals surface area contributed by atoms with Crippen LogP contribution in [0.3, 0.4) is 0 Å². The third-order valence-corrected chi connectivity index (χ3v) is 2.35. The Morgan fingerprint density at radius 1 is 1.50 bits per heavy atom. The maximum atomic E-state index is 11.5. The van der Waals surface area contributed by atoms with Crippen LogP contribution >= 0.6 is 12.4 Å². The van der Waals surface area contributed by atoms with Crippen molar-refractivity contribution < 1.29 is 9.53 Å². The minimum absolute atomic E-state index is 0. The molecule has 0 unspecified atom stereocenters. The molecule has 0 bridgehead atoms.